The lowest BCUT2D eigenvalue weighted by molar-refractivity contribution is -0.119. The summed E-state index contributed by atoms with van der Waals surface area (Å²) in [6.07, 6.45) is 3.16. The highest BCUT2D eigenvalue weighted by atomic mass is 32.2. The number of carbonyl (C=O) groups excluding carboxylic acids is 2. The molecule has 0 radical (unpaired) electrons. The molecule has 1 aliphatic carbocycles. The van der Waals surface area contributed by atoms with Gasteiger partial charge in [0.15, 0.2) is 5.17 Å². The van der Waals surface area contributed by atoms with Crippen molar-refractivity contribution in [2.75, 3.05) is 26.0 Å². The van der Waals surface area contributed by atoms with Crippen molar-refractivity contribution in [3.63, 3.8) is 0 Å². The Morgan fingerprint density at radius 2 is 2.32 bits per heavy atom. The van der Waals surface area contributed by atoms with Gasteiger partial charge in [0.25, 0.3) is 5.91 Å². The van der Waals surface area contributed by atoms with Gasteiger partial charge >= 0.3 is 0 Å². The van der Waals surface area contributed by atoms with Gasteiger partial charge in [-0.15, -0.1) is 0 Å². The molecule has 0 bridgehead atoms. The van der Waals surface area contributed by atoms with Gasteiger partial charge in [0.2, 0.25) is 5.91 Å². The van der Waals surface area contributed by atoms with Crippen molar-refractivity contribution < 1.29 is 14.3 Å². The normalized spacial score (nSPS) is 23.1. The van der Waals surface area contributed by atoms with E-state index in [0.29, 0.717) is 18.3 Å². The van der Waals surface area contributed by atoms with E-state index in [2.05, 4.69) is 15.3 Å². The number of rotatable bonds is 5. The molecule has 2 aliphatic heterocycles. The molecule has 0 aromatic heterocycles. The third-order valence-electron chi connectivity index (χ3n) is 3.65. The Morgan fingerprint density at radius 3 is 3.14 bits per heavy atom. The standard InChI is InChI=1S/C14H17N3O3S2/c1-20-6-5-15-10(18)7-21-14-16-12(19)11-8-3-2-4-9(8)22-13(11)17-14/h11H,2-7H2,1H3,(H,15,18). The molecule has 0 spiro atoms. The second-order valence-electron chi connectivity index (χ2n) is 5.15. The zero-order valence-electron chi connectivity index (χ0n) is 12.3. The van der Waals surface area contributed by atoms with E-state index in [1.165, 1.54) is 22.2 Å². The molecular weight excluding hydrogens is 322 g/mol. The predicted molar refractivity (Wildman–Crippen MR) is 89.2 cm³/mol. The van der Waals surface area contributed by atoms with E-state index < -0.39 is 0 Å². The van der Waals surface area contributed by atoms with Gasteiger partial charge in [0, 0.05) is 13.7 Å². The van der Waals surface area contributed by atoms with Crippen molar-refractivity contribution in [2.24, 2.45) is 15.9 Å². The smallest absolute Gasteiger partial charge is 0.262 e. The fourth-order valence-electron chi connectivity index (χ4n) is 2.65. The number of aliphatic imine (C=N–C) groups is 2. The summed E-state index contributed by atoms with van der Waals surface area (Å²) < 4.78 is 4.87. The first-order valence-corrected chi connectivity index (χ1v) is 8.98. The van der Waals surface area contributed by atoms with Crippen molar-refractivity contribution in [1.29, 1.82) is 0 Å². The topological polar surface area (TPSA) is 80.1 Å². The van der Waals surface area contributed by atoms with Crippen LogP contribution in [0, 0.1) is 5.92 Å². The van der Waals surface area contributed by atoms with Crippen molar-refractivity contribution in [2.45, 2.75) is 19.3 Å². The zero-order chi connectivity index (χ0) is 15.5. The van der Waals surface area contributed by atoms with Gasteiger partial charge in [0.05, 0.1) is 17.4 Å². The number of amides is 2. The van der Waals surface area contributed by atoms with Gasteiger partial charge in [-0.3, -0.25) is 9.59 Å². The van der Waals surface area contributed by atoms with Crippen LogP contribution < -0.4 is 5.32 Å². The Morgan fingerprint density at radius 1 is 1.45 bits per heavy atom. The Bertz CT molecular complexity index is 598. The first kappa shape index (κ1) is 15.8. The number of thioether (sulfide) groups is 2. The number of fused-ring (bicyclic) bond motifs is 2. The molecule has 8 heteroatoms. The summed E-state index contributed by atoms with van der Waals surface area (Å²) >= 11 is 2.82. The minimum Gasteiger partial charge on any atom is -0.383 e. The highest BCUT2D eigenvalue weighted by Gasteiger charge is 2.41. The molecule has 0 aromatic carbocycles. The summed E-state index contributed by atoms with van der Waals surface area (Å²) in [6, 6.07) is 0. The van der Waals surface area contributed by atoms with Crippen LogP contribution in [0.2, 0.25) is 0 Å². The second-order valence-corrected chi connectivity index (χ2v) is 7.21. The van der Waals surface area contributed by atoms with Gasteiger partial charge in [0.1, 0.15) is 5.92 Å². The lowest BCUT2D eigenvalue weighted by Gasteiger charge is -2.15. The van der Waals surface area contributed by atoms with Crippen LogP contribution in [-0.4, -0.2) is 48.0 Å². The van der Waals surface area contributed by atoms with E-state index in [4.69, 9.17) is 4.74 Å². The van der Waals surface area contributed by atoms with Crippen LogP contribution in [-0.2, 0) is 14.3 Å². The molecule has 2 amide bonds. The van der Waals surface area contributed by atoms with Gasteiger partial charge in [-0.25, -0.2) is 4.99 Å². The van der Waals surface area contributed by atoms with Crippen LogP contribution in [0.1, 0.15) is 19.3 Å². The largest absolute Gasteiger partial charge is 0.383 e. The molecule has 0 aromatic rings. The molecule has 0 saturated heterocycles. The molecule has 22 heavy (non-hydrogen) atoms. The number of hydrogen-bond donors (Lipinski definition) is 1. The average Bonchev–Trinajstić information content (AvgIpc) is 3.05. The third kappa shape index (κ3) is 3.28. The van der Waals surface area contributed by atoms with Crippen molar-refractivity contribution in [1.82, 2.24) is 5.32 Å². The molecule has 0 saturated carbocycles. The molecule has 3 rings (SSSR count). The maximum atomic E-state index is 12.2. The summed E-state index contributed by atoms with van der Waals surface area (Å²) in [4.78, 5) is 33.7. The quantitative estimate of drug-likeness (QED) is 0.769. The molecular formula is C14H17N3O3S2. The fraction of sp³-hybridized carbons (Fsp3) is 0.571. The Balaban J connectivity index is 1.56. The SMILES string of the molecule is COCCNC(=O)CSC1=NC(=O)C2C(=N1)SC1=C2CCC1. The van der Waals surface area contributed by atoms with E-state index in [9.17, 15) is 9.59 Å². The summed E-state index contributed by atoms with van der Waals surface area (Å²) in [7, 11) is 1.58. The number of amidine groups is 1. The first-order valence-electron chi connectivity index (χ1n) is 7.18. The average molecular weight is 339 g/mol. The number of methoxy groups -OCH3 is 1. The summed E-state index contributed by atoms with van der Waals surface area (Å²) in [5.41, 5.74) is 1.22. The molecule has 6 nitrogen and oxygen atoms in total. The van der Waals surface area contributed by atoms with Crippen molar-refractivity contribution >= 4 is 45.5 Å². The number of nitrogens with one attached hydrogen (secondary N) is 1. The van der Waals surface area contributed by atoms with E-state index in [-0.39, 0.29) is 23.5 Å². The van der Waals surface area contributed by atoms with Gasteiger partial charge in [-0.2, -0.15) is 4.99 Å². The Hall–Kier alpha value is -1.12. The van der Waals surface area contributed by atoms with Crippen LogP contribution >= 0.6 is 23.5 Å². The maximum Gasteiger partial charge on any atom is 0.262 e. The first-order chi connectivity index (χ1) is 10.7. The third-order valence-corrected chi connectivity index (χ3v) is 5.75. The molecule has 1 atom stereocenters. The number of nitrogens with zero attached hydrogens (tertiary/aromatic N) is 2. The summed E-state index contributed by atoms with van der Waals surface area (Å²) in [5.74, 6) is -0.275. The molecule has 2 heterocycles. The van der Waals surface area contributed by atoms with Crippen molar-refractivity contribution in [3.05, 3.63) is 10.5 Å². The maximum absolute atomic E-state index is 12.2. The highest BCUT2D eigenvalue weighted by molar-refractivity contribution is 8.18. The minimum absolute atomic E-state index is 0.112. The lowest BCUT2D eigenvalue weighted by Crippen LogP contribution is -2.29. The minimum atomic E-state index is -0.234. The predicted octanol–water partition coefficient (Wildman–Crippen LogP) is 1.58. The van der Waals surface area contributed by atoms with E-state index in [0.717, 1.165) is 24.3 Å². The number of carbonyl (C=O) groups is 2. The molecule has 0 fully saturated rings. The number of allylic oxidation sites excluding steroid dienone is 1. The van der Waals surface area contributed by atoms with E-state index in [1.54, 1.807) is 18.9 Å². The Kier molecular flexibility index (Phi) is 5.00. The molecule has 118 valence electrons. The van der Waals surface area contributed by atoms with Crippen LogP contribution in [0.4, 0.5) is 0 Å². The van der Waals surface area contributed by atoms with Crippen LogP contribution in [0.25, 0.3) is 0 Å². The highest BCUT2D eigenvalue weighted by Crippen LogP contribution is 2.48. The fourth-order valence-corrected chi connectivity index (χ4v) is 4.73. The van der Waals surface area contributed by atoms with Crippen LogP contribution in [0.15, 0.2) is 20.5 Å². The van der Waals surface area contributed by atoms with Gasteiger partial charge < -0.3 is 10.1 Å². The zero-order valence-corrected chi connectivity index (χ0v) is 13.9. The summed E-state index contributed by atoms with van der Waals surface area (Å²) in [5, 5.41) is 3.96. The molecule has 1 N–H and O–H groups in total. The monoisotopic (exact) mass is 339 g/mol. The second kappa shape index (κ2) is 6.97. The Labute approximate surface area is 137 Å². The van der Waals surface area contributed by atoms with Crippen molar-refractivity contribution in [3.8, 4) is 0 Å². The van der Waals surface area contributed by atoms with E-state index in [1.807, 2.05) is 0 Å². The molecule has 1 unspecified atom stereocenters. The number of hydrogen-bond acceptors (Lipinski definition) is 6. The summed E-state index contributed by atoms with van der Waals surface area (Å²) in [6.45, 7) is 0.956. The van der Waals surface area contributed by atoms with E-state index >= 15 is 0 Å². The van der Waals surface area contributed by atoms with Gasteiger partial charge in [-0.05, 0) is 29.7 Å². The number of ether oxygens (including phenoxy) is 1. The lowest BCUT2D eigenvalue weighted by atomic mass is 9.98. The van der Waals surface area contributed by atoms with Crippen LogP contribution in [0.5, 0.6) is 0 Å². The van der Waals surface area contributed by atoms with Crippen LogP contribution in [0.3, 0.4) is 0 Å². The molecule has 3 aliphatic rings. The van der Waals surface area contributed by atoms with Gasteiger partial charge in [-0.1, -0.05) is 23.5 Å².